The highest BCUT2D eigenvalue weighted by Crippen LogP contribution is 2.34. The minimum atomic E-state index is -0.156. The Labute approximate surface area is 142 Å². The molecule has 3 aromatic rings. The van der Waals surface area contributed by atoms with E-state index < -0.39 is 0 Å². The number of carbonyl (C=O) groups is 1. The molecule has 1 aliphatic rings. The number of nitrogens with one attached hydrogen (secondary N) is 1. The van der Waals surface area contributed by atoms with E-state index in [4.69, 9.17) is 13.9 Å². The van der Waals surface area contributed by atoms with E-state index >= 15 is 0 Å². The van der Waals surface area contributed by atoms with Gasteiger partial charge in [-0.25, -0.2) is 0 Å². The van der Waals surface area contributed by atoms with Gasteiger partial charge in [0.2, 0.25) is 18.6 Å². The van der Waals surface area contributed by atoms with Gasteiger partial charge in [-0.05, 0) is 24.3 Å². The Morgan fingerprint density at radius 1 is 1.12 bits per heavy atom. The number of ether oxygens (including phenoxy) is 2. The van der Waals surface area contributed by atoms with Crippen LogP contribution in [0.2, 0.25) is 0 Å². The topological polar surface area (TPSA) is 99.4 Å². The maximum absolute atomic E-state index is 12.1. The lowest BCUT2D eigenvalue weighted by Gasteiger charge is -2.05. The van der Waals surface area contributed by atoms with E-state index in [1.165, 1.54) is 0 Å². The lowest BCUT2D eigenvalue weighted by molar-refractivity contribution is -0.116. The second-order valence-electron chi connectivity index (χ2n) is 5.33. The van der Waals surface area contributed by atoms with Gasteiger partial charge in [0.1, 0.15) is 5.69 Å². The normalized spacial score (nSPS) is 12.2. The first-order chi connectivity index (χ1) is 12.3. The Balaban J connectivity index is 1.34. The van der Waals surface area contributed by atoms with Crippen molar-refractivity contribution in [1.82, 2.24) is 15.2 Å². The molecule has 2 aromatic heterocycles. The van der Waals surface area contributed by atoms with E-state index in [9.17, 15) is 4.79 Å². The third-order valence-electron chi connectivity index (χ3n) is 3.57. The zero-order valence-electron chi connectivity index (χ0n) is 13.1. The predicted molar refractivity (Wildman–Crippen MR) is 87.0 cm³/mol. The van der Waals surface area contributed by atoms with Gasteiger partial charge in [-0.2, -0.15) is 0 Å². The molecule has 0 unspecified atom stereocenters. The third kappa shape index (κ3) is 3.42. The van der Waals surface area contributed by atoms with Crippen LogP contribution in [-0.4, -0.2) is 27.9 Å². The van der Waals surface area contributed by atoms with Crippen molar-refractivity contribution >= 4 is 11.6 Å². The molecule has 0 bridgehead atoms. The number of benzene rings is 1. The standard InChI is InChI=1S/C17H14N4O4/c22-15(19-11-4-5-13-14(9-11)24-10-23-13)6-7-16-20-21-17(25-16)12-3-1-2-8-18-12/h1-5,8-9H,6-7,10H2,(H,19,22). The van der Waals surface area contributed by atoms with E-state index in [0.29, 0.717) is 41.1 Å². The molecular weight excluding hydrogens is 324 g/mol. The molecule has 1 N–H and O–H groups in total. The van der Waals surface area contributed by atoms with Gasteiger partial charge in [0.25, 0.3) is 5.89 Å². The van der Waals surface area contributed by atoms with Crippen molar-refractivity contribution in [2.45, 2.75) is 12.8 Å². The summed E-state index contributed by atoms with van der Waals surface area (Å²) in [6.07, 6.45) is 2.21. The molecule has 0 spiro atoms. The summed E-state index contributed by atoms with van der Waals surface area (Å²) in [5.41, 5.74) is 1.25. The van der Waals surface area contributed by atoms with E-state index in [1.807, 2.05) is 6.07 Å². The van der Waals surface area contributed by atoms with Crippen LogP contribution in [0.3, 0.4) is 0 Å². The fourth-order valence-corrected chi connectivity index (χ4v) is 2.37. The summed E-state index contributed by atoms with van der Waals surface area (Å²) in [4.78, 5) is 16.2. The quantitative estimate of drug-likeness (QED) is 0.762. The summed E-state index contributed by atoms with van der Waals surface area (Å²) in [7, 11) is 0. The van der Waals surface area contributed by atoms with E-state index in [2.05, 4.69) is 20.5 Å². The van der Waals surface area contributed by atoms with Crippen LogP contribution >= 0.6 is 0 Å². The van der Waals surface area contributed by atoms with Gasteiger partial charge in [0.05, 0.1) is 0 Å². The molecule has 126 valence electrons. The SMILES string of the molecule is O=C(CCc1nnc(-c2ccccn2)o1)Nc1ccc2c(c1)OCO2. The molecule has 0 saturated heterocycles. The van der Waals surface area contributed by atoms with Gasteiger partial charge in [-0.15, -0.1) is 10.2 Å². The predicted octanol–water partition coefficient (Wildman–Crippen LogP) is 2.43. The number of hydrogen-bond acceptors (Lipinski definition) is 7. The summed E-state index contributed by atoms with van der Waals surface area (Å²) in [6, 6.07) is 10.7. The fourth-order valence-electron chi connectivity index (χ4n) is 2.37. The molecular formula is C17H14N4O4. The summed E-state index contributed by atoms with van der Waals surface area (Å²) in [5, 5.41) is 10.7. The first-order valence-electron chi connectivity index (χ1n) is 7.71. The minimum Gasteiger partial charge on any atom is -0.454 e. The van der Waals surface area contributed by atoms with Gasteiger partial charge < -0.3 is 19.2 Å². The maximum Gasteiger partial charge on any atom is 0.266 e. The second-order valence-corrected chi connectivity index (χ2v) is 5.33. The van der Waals surface area contributed by atoms with E-state index in [1.54, 1.807) is 36.5 Å². The Hall–Kier alpha value is -3.42. The maximum atomic E-state index is 12.1. The average molecular weight is 338 g/mol. The Morgan fingerprint density at radius 3 is 2.92 bits per heavy atom. The van der Waals surface area contributed by atoms with Crippen LogP contribution in [0.4, 0.5) is 5.69 Å². The molecule has 4 rings (SSSR count). The van der Waals surface area contributed by atoms with Crippen LogP contribution < -0.4 is 14.8 Å². The molecule has 1 aromatic carbocycles. The van der Waals surface area contributed by atoms with E-state index in [-0.39, 0.29) is 19.1 Å². The number of amides is 1. The highest BCUT2D eigenvalue weighted by molar-refractivity contribution is 5.91. The average Bonchev–Trinajstić information content (AvgIpc) is 3.30. The van der Waals surface area contributed by atoms with Gasteiger partial charge in [0.15, 0.2) is 11.5 Å². The van der Waals surface area contributed by atoms with E-state index in [0.717, 1.165) is 0 Å². The molecule has 0 aliphatic carbocycles. The van der Waals surface area contributed by atoms with Gasteiger partial charge in [-0.1, -0.05) is 6.07 Å². The van der Waals surface area contributed by atoms with Crippen molar-refractivity contribution in [3.63, 3.8) is 0 Å². The molecule has 25 heavy (non-hydrogen) atoms. The van der Waals surface area contributed by atoms with Crippen LogP contribution in [0, 0.1) is 0 Å². The number of rotatable bonds is 5. The summed E-state index contributed by atoms with van der Waals surface area (Å²) in [6.45, 7) is 0.197. The van der Waals surface area contributed by atoms with Crippen LogP contribution in [0.1, 0.15) is 12.3 Å². The molecule has 1 amide bonds. The molecule has 1 aliphatic heterocycles. The van der Waals surface area contributed by atoms with Gasteiger partial charge in [-0.3, -0.25) is 9.78 Å². The van der Waals surface area contributed by atoms with Crippen molar-refractivity contribution in [2.24, 2.45) is 0 Å². The first kappa shape index (κ1) is 15.1. The fraction of sp³-hybridized carbons (Fsp3) is 0.176. The molecule has 0 atom stereocenters. The number of pyridine rings is 1. The first-order valence-corrected chi connectivity index (χ1v) is 7.71. The van der Waals surface area contributed by atoms with Crippen molar-refractivity contribution in [3.05, 3.63) is 48.5 Å². The van der Waals surface area contributed by atoms with Crippen LogP contribution in [-0.2, 0) is 11.2 Å². The molecule has 8 nitrogen and oxygen atoms in total. The Kier molecular flexibility index (Phi) is 3.99. The van der Waals surface area contributed by atoms with Crippen molar-refractivity contribution in [1.29, 1.82) is 0 Å². The van der Waals surface area contributed by atoms with Crippen molar-refractivity contribution in [2.75, 3.05) is 12.1 Å². The number of hydrogen-bond donors (Lipinski definition) is 1. The minimum absolute atomic E-state index is 0.156. The number of nitrogens with zero attached hydrogens (tertiary/aromatic N) is 3. The highest BCUT2D eigenvalue weighted by atomic mass is 16.7. The number of aryl methyl sites for hydroxylation is 1. The van der Waals surface area contributed by atoms with Crippen LogP contribution in [0.25, 0.3) is 11.6 Å². The lowest BCUT2D eigenvalue weighted by atomic mass is 10.2. The van der Waals surface area contributed by atoms with Gasteiger partial charge >= 0.3 is 0 Å². The molecule has 3 heterocycles. The Bertz CT molecular complexity index is 895. The largest absolute Gasteiger partial charge is 0.454 e. The lowest BCUT2D eigenvalue weighted by Crippen LogP contribution is -2.12. The molecule has 0 fully saturated rings. The summed E-state index contributed by atoms with van der Waals surface area (Å²) < 4.78 is 16.0. The number of carbonyl (C=O) groups excluding carboxylic acids is 1. The highest BCUT2D eigenvalue weighted by Gasteiger charge is 2.15. The van der Waals surface area contributed by atoms with Crippen LogP contribution in [0.5, 0.6) is 11.5 Å². The van der Waals surface area contributed by atoms with Crippen molar-refractivity contribution < 1.29 is 18.7 Å². The zero-order valence-corrected chi connectivity index (χ0v) is 13.1. The molecule has 8 heteroatoms. The number of anilines is 1. The van der Waals surface area contributed by atoms with Gasteiger partial charge in [0, 0.05) is 30.8 Å². The second kappa shape index (κ2) is 6.60. The zero-order chi connectivity index (χ0) is 17.1. The molecule has 0 saturated carbocycles. The number of aromatic nitrogens is 3. The molecule has 0 radical (unpaired) electrons. The third-order valence-corrected chi connectivity index (χ3v) is 3.57. The van der Waals surface area contributed by atoms with Crippen molar-refractivity contribution in [3.8, 4) is 23.1 Å². The Morgan fingerprint density at radius 2 is 2.04 bits per heavy atom. The summed E-state index contributed by atoms with van der Waals surface area (Å²) in [5.74, 6) is 1.87. The monoisotopic (exact) mass is 338 g/mol. The smallest absolute Gasteiger partial charge is 0.266 e. The van der Waals surface area contributed by atoms with Crippen LogP contribution in [0.15, 0.2) is 47.0 Å². The summed E-state index contributed by atoms with van der Waals surface area (Å²) >= 11 is 0. The number of fused-ring (bicyclic) bond motifs is 1.